The van der Waals surface area contributed by atoms with Crippen molar-refractivity contribution in [1.29, 1.82) is 0 Å². The lowest BCUT2D eigenvalue weighted by atomic mass is 9.90. The molecule has 0 bridgehead atoms. The quantitative estimate of drug-likeness (QED) is 0.830. The summed E-state index contributed by atoms with van der Waals surface area (Å²) in [5.74, 6) is 1.89. The SMILES string of the molecule is CC1CCN(C(=O)C2CCN(C(=O)C3CC34CCNCC4)CC2)CC1. The minimum Gasteiger partial charge on any atom is -0.342 e. The molecule has 5 heteroatoms. The van der Waals surface area contributed by atoms with Gasteiger partial charge >= 0.3 is 0 Å². The Hall–Kier alpha value is -1.10. The van der Waals surface area contributed by atoms with Crippen molar-refractivity contribution in [2.75, 3.05) is 39.3 Å². The van der Waals surface area contributed by atoms with E-state index in [4.69, 9.17) is 0 Å². The van der Waals surface area contributed by atoms with Crippen LogP contribution in [0.2, 0.25) is 0 Å². The third kappa shape index (κ3) is 3.44. The van der Waals surface area contributed by atoms with Gasteiger partial charge in [0.2, 0.25) is 11.8 Å². The predicted molar refractivity (Wildman–Crippen MR) is 96.9 cm³/mol. The predicted octanol–water partition coefficient (Wildman–Crippen LogP) is 1.87. The Kier molecular flexibility index (Phi) is 4.78. The summed E-state index contributed by atoms with van der Waals surface area (Å²) in [6.45, 7) is 7.83. The fraction of sp³-hybridized carbons (Fsp3) is 0.900. The van der Waals surface area contributed by atoms with Crippen molar-refractivity contribution in [3.63, 3.8) is 0 Å². The van der Waals surface area contributed by atoms with Gasteiger partial charge in [0.15, 0.2) is 0 Å². The van der Waals surface area contributed by atoms with Crippen LogP contribution < -0.4 is 5.32 Å². The molecule has 0 aromatic carbocycles. The first-order valence-electron chi connectivity index (χ1n) is 10.4. The molecule has 25 heavy (non-hydrogen) atoms. The Morgan fingerprint density at radius 2 is 1.44 bits per heavy atom. The Balaban J connectivity index is 1.26. The lowest BCUT2D eigenvalue weighted by Crippen LogP contribution is -2.47. The van der Waals surface area contributed by atoms with Gasteiger partial charge in [-0.05, 0) is 69.4 Å². The highest BCUT2D eigenvalue weighted by molar-refractivity contribution is 5.83. The van der Waals surface area contributed by atoms with Crippen LogP contribution in [0.5, 0.6) is 0 Å². The van der Waals surface area contributed by atoms with Gasteiger partial charge in [-0.1, -0.05) is 6.92 Å². The molecule has 1 atom stereocenters. The van der Waals surface area contributed by atoms with Gasteiger partial charge < -0.3 is 15.1 Å². The smallest absolute Gasteiger partial charge is 0.226 e. The molecule has 4 aliphatic rings. The van der Waals surface area contributed by atoms with Crippen LogP contribution in [0.4, 0.5) is 0 Å². The largest absolute Gasteiger partial charge is 0.342 e. The number of piperidine rings is 3. The van der Waals surface area contributed by atoms with Crippen molar-refractivity contribution < 1.29 is 9.59 Å². The molecule has 0 aromatic rings. The Morgan fingerprint density at radius 3 is 2.08 bits per heavy atom. The molecule has 140 valence electrons. The molecule has 1 N–H and O–H groups in total. The first-order valence-corrected chi connectivity index (χ1v) is 10.4. The van der Waals surface area contributed by atoms with Crippen molar-refractivity contribution in [2.24, 2.45) is 23.2 Å². The first kappa shape index (κ1) is 17.3. The molecule has 4 fully saturated rings. The van der Waals surface area contributed by atoms with Gasteiger partial charge in [-0.2, -0.15) is 0 Å². The summed E-state index contributed by atoms with van der Waals surface area (Å²) >= 11 is 0. The number of carbonyl (C=O) groups excluding carboxylic acids is 2. The topological polar surface area (TPSA) is 52.7 Å². The second-order valence-electron chi connectivity index (χ2n) is 8.98. The standard InChI is InChI=1S/C20H33N3O2/c1-15-2-10-22(11-3-15)18(24)16-4-12-23(13-5-16)19(25)17-14-20(17)6-8-21-9-7-20/h15-17,21H,2-14H2,1H3. The number of nitrogens with zero attached hydrogens (tertiary/aromatic N) is 2. The molecule has 1 unspecified atom stereocenters. The molecule has 5 nitrogen and oxygen atoms in total. The molecule has 2 amide bonds. The van der Waals surface area contributed by atoms with Gasteiger partial charge in [0.1, 0.15) is 0 Å². The van der Waals surface area contributed by atoms with Gasteiger partial charge in [-0.15, -0.1) is 0 Å². The lowest BCUT2D eigenvalue weighted by Gasteiger charge is -2.37. The third-order valence-electron chi connectivity index (χ3n) is 7.34. The fourth-order valence-corrected chi connectivity index (χ4v) is 5.23. The van der Waals surface area contributed by atoms with Crippen molar-refractivity contribution in [3.05, 3.63) is 0 Å². The molecule has 3 aliphatic heterocycles. The van der Waals surface area contributed by atoms with Crippen LogP contribution in [0.3, 0.4) is 0 Å². The summed E-state index contributed by atoms with van der Waals surface area (Å²) in [6, 6.07) is 0. The van der Waals surface area contributed by atoms with Crippen molar-refractivity contribution in [2.45, 2.75) is 51.9 Å². The second-order valence-corrected chi connectivity index (χ2v) is 8.98. The summed E-state index contributed by atoms with van der Waals surface area (Å²) in [4.78, 5) is 29.7. The van der Waals surface area contributed by atoms with Crippen LogP contribution in [0.25, 0.3) is 0 Å². The Bertz CT molecular complexity index is 513. The molecule has 0 aromatic heterocycles. The van der Waals surface area contributed by atoms with E-state index in [1.54, 1.807) is 0 Å². The van der Waals surface area contributed by atoms with Crippen LogP contribution in [0.15, 0.2) is 0 Å². The van der Waals surface area contributed by atoms with E-state index in [1.807, 2.05) is 0 Å². The first-order chi connectivity index (χ1) is 12.1. The summed E-state index contributed by atoms with van der Waals surface area (Å²) in [7, 11) is 0. The minimum atomic E-state index is 0.143. The van der Waals surface area contributed by atoms with Gasteiger partial charge in [-0.25, -0.2) is 0 Å². The number of hydrogen-bond donors (Lipinski definition) is 1. The van der Waals surface area contributed by atoms with Crippen LogP contribution in [0, 0.1) is 23.2 Å². The summed E-state index contributed by atoms with van der Waals surface area (Å²) in [6.07, 6.45) is 7.41. The van der Waals surface area contributed by atoms with E-state index >= 15 is 0 Å². The summed E-state index contributed by atoms with van der Waals surface area (Å²) < 4.78 is 0. The second kappa shape index (κ2) is 6.90. The van der Waals surface area contributed by atoms with Crippen molar-refractivity contribution in [1.82, 2.24) is 15.1 Å². The fourth-order valence-electron chi connectivity index (χ4n) is 5.23. The highest BCUT2D eigenvalue weighted by Crippen LogP contribution is 2.59. The van der Waals surface area contributed by atoms with Gasteiger partial charge in [-0.3, -0.25) is 9.59 Å². The molecule has 0 radical (unpaired) electrons. The summed E-state index contributed by atoms with van der Waals surface area (Å²) in [5, 5.41) is 3.40. The molecular weight excluding hydrogens is 314 g/mol. The number of rotatable bonds is 2. The van der Waals surface area contributed by atoms with E-state index in [1.165, 1.54) is 0 Å². The molecule has 4 rings (SSSR count). The van der Waals surface area contributed by atoms with Crippen LogP contribution in [-0.2, 0) is 9.59 Å². The summed E-state index contributed by atoms with van der Waals surface area (Å²) in [5.41, 5.74) is 0.319. The molecular formula is C20H33N3O2. The van der Waals surface area contributed by atoms with Gasteiger partial charge in [0, 0.05) is 38.0 Å². The lowest BCUT2D eigenvalue weighted by molar-refractivity contribution is -0.142. The van der Waals surface area contributed by atoms with E-state index in [-0.39, 0.29) is 11.8 Å². The van der Waals surface area contributed by atoms with E-state index in [0.717, 1.165) is 90.1 Å². The van der Waals surface area contributed by atoms with Crippen molar-refractivity contribution in [3.8, 4) is 0 Å². The highest BCUT2D eigenvalue weighted by atomic mass is 16.2. The van der Waals surface area contributed by atoms with Gasteiger partial charge in [0.05, 0.1) is 0 Å². The Labute approximate surface area is 151 Å². The van der Waals surface area contributed by atoms with E-state index in [2.05, 4.69) is 22.0 Å². The molecule has 1 aliphatic carbocycles. The maximum Gasteiger partial charge on any atom is 0.226 e. The number of amides is 2. The molecule has 1 saturated carbocycles. The monoisotopic (exact) mass is 347 g/mol. The molecule has 1 spiro atoms. The van der Waals surface area contributed by atoms with Gasteiger partial charge in [0.25, 0.3) is 0 Å². The average Bonchev–Trinajstić information content (AvgIpc) is 3.34. The number of nitrogens with one attached hydrogen (secondary N) is 1. The van der Waals surface area contributed by atoms with Crippen molar-refractivity contribution >= 4 is 11.8 Å². The number of likely N-dealkylation sites (tertiary alicyclic amines) is 2. The average molecular weight is 348 g/mol. The zero-order valence-electron chi connectivity index (χ0n) is 15.6. The maximum absolute atomic E-state index is 12.9. The third-order valence-corrected chi connectivity index (χ3v) is 7.34. The van der Waals surface area contributed by atoms with Crippen LogP contribution >= 0.6 is 0 Å². The maximum atomic E-state index is 12.9. The normalized spacial score (nSPS) is 30.5. The number of hydrogen-bond acceptors (Lipinski definition) is 3. The van der Waals surface area contributed by atoms with E-state index < -0.39 is 0 Å². The van der Waals surface area contributed by atoms with Crippen LogP contribution in [0.1, 0.15) is 51.9 Å². The molecule has 3 saturated heterocycles. The van der Waals surface area contributed by atoms with Crippen LogP contribution in [-0.4, -0.2) is 60.9 Å². The number of carbonyl (C=O) groups is 2. The Morgan fingerprint density at radius 1 is 0.880 bits per heavy atom. The highest BCUT2D eigenvalue weighted by Gasteiger charge is 2.58. The minimum absolute atomic E-state index is 0.143. The van der Waals surface area contributed by atoms with E-state index in [9.17, 15) is 9.59 Å². The van der Waals surface area contributed by atoms with E-state index in [0.29, 0.717) is 17.2 Å². The molecule has 3 heterocycles. The zero-order chi connectivity index (χ0) is 17.4. The zero-order valence-corrected chi connectivity index (χ0v) is 15.6.